The van der Waals surface area contributed by atoms with Crippen LogP contribution in [0.1, 0.15) is 40.6 Å². The maximum absolute atomic E-state index is 14.0. The molecule has 1 atom stereocenters. The van der Waals surface area contributed by atoms with E-state index in [0.717, 1.165) is 5.56 Å². The van der Waals surface area contributed by atoms with Crippen molar-refractivity contribution in [2.24, 2.45) is 0 Å². The van der Waals surface area contributed by atoms with Crippen LogP contribution in [0.3, 0.4) is 0 Å². The Hall–Kier alpha value is -2.22. The van der Waals surface area contributed by atoms with Crippen LogP contribution in [0.15, 0.2) is 42.4 Å². The third-order valence-electron chi connectivity index (χ3n) is 4.10. The van der Waals surface area contributed by atoms with Crippen molar-refractivity contribution < 1.29 is 14.6 Å². The van der Waals surface area contributed by atoms with Gasteiger partial charge in [-0.15, -0.1) is 0 Å². The lowest BCUT2D eigenvalue weighted by atomic mass is 9.81. The smallest absolute Gasteiger partial charge is 0.123 e. The molecule has 2 aromatic carbocycles. The topological polar surface area (TPSA) is 45.0 Å². The van der Waals surface area contributed by atoms with Gasteiger partial charge in [0.15, 0.2) is 0 Å². The fraction of sp³-hybridized carbons (Fsp3) is 0.316. The van der Waals surface area contributed by atoms with Gasteiger partial charge in [-0.2, -0.15) is 5.26 Å². The van der Waals surface area contributed by atoms with Crippen molar-refractivity contribution in [3.8, 4) is 6.07 Å². The zero-order valence-corrected chi connectivity index (χ0v) is 12.8. The molecule has 23 heavy (non-hydrogen) atoms. The Labute approximate surface area is 141 Å². The molecular formula is C19H19FN2O. The molecule has 0 amide bonds. The van der Waals surface area contributed by atoms with Gasteiger partial charge in [0.25, 0.3) is 0 Å². The lowest BCUT2D eigenvalue weighted by Crippen LogP contribution is -2.28. The first-order valence-electron chi connectivity index (χ1n) is 9.45. The third-order valence-corrected chi connectivity index (χ3v) is 4.10. The van der Waals surface area contributed by atoms with E-state index in [0.29, 0.717) is 30.5 Å². The van der Waals surface area contributed by atoms with Crippen molar-refractivity contribution in [3.05, 3.63) is 70.4 Å². The summed E-state index contributed by atoms with van der Waals surface area (Å²) in [5.74, 6) is -1.17. The molecule has 0 spiro atoms. The second-order valence-electron chi connectivity index (χ2n) is 5.50. The molecule has 118 valence electrons. The van der Waals surface area contributed by atoms with Gasteiger partial charge in [0, 0.05) is 0 Å². The van der Waals surface area contributed by atoms with Gasteiger partial charge < -0.3 is 10.1 Å². The van der Waals surface area contributed by atoms with Gasteiger partial charge in [0.05, 0.1) is 23.7 Å². The average Bonchev–Trinajstić information content (AvgIpc) is 3.03. The molecule has 1 aliphatic heterocycles. The molecule has 0 unspecified atom stereocenters. The first-order valence-corrected chi connectivity index (χ1v) is 7.45. The summed E-state index contributed by atoms with van der Waals surface area (Å²) in [5, 5.41) is 12.2. The molecule has 2 aromatic rings. The van der Waals surface area contributed by atoms with Crippen LogP contribution >= 0.6 is 0 Å². The number of ether oxygens (including phenoxy) is 1. The monoisotopic (exact) mass is 314 g/mol. The van der Waals surface area contributed by atoms with Crippen molar-refractivity contribution in [1.82, 2.24) is 5.32 Å². The van der Waals surface area contributed by atoms with Crippen molar-refractivity contribution in [2.45, 2.75) is 25.0 Å². The molecule has 1 heterocycles. The standard InChI is InChI=1S/C19H19FN2O/c1-22-10-2-9-19(16-4-6-17(20)7-5-16)18-8-3-14(12-21)11-15(18)13-23-19/h3-8,11,22H,2,9-10,13H2,1H3/t19-/m0/s1/i4D,5D,6D,7D. The van der Waals surface area contributed by atoms with Crippen LogP contribution in [0.25, 0.3) is 0 Å². The minimum Gasteiger partial charge on any atom is -0.361 e. The molecule has 1 N–H and O–H groups in total. The summed E-state index contributed by atoms with van der Waals surface area (Å²) in [6, 6.07) is 4.87. The third kappa shape index (κ3) is 2.86. The largest absolute Gasteiger partial charge is 0.361 e. The van der Waals surface area contributed by atoms with E-state index in [1.165, 1.54) is 0 Å². The number of nitrogens with zero attached hydrogens (tertiary/aromatic N) is 1. The van der Waals surface area contributed by atoms with Gasteiger partial charge in [-0.3, -0.25) is 0 Å². The SMILES string of the molecule is [2H]c1c([2H])c([C@]2(CCCNC)OCc3cc(C#N)ccc32)c([2H])c([2H])c1F. The highest BCUT2D eigenvalue weighted by atomic mass is 19.1. The van der Waals surface area contributed by atoms with Crippen molar-refractivity contribution in [3.63, 3.8) is 0 Å². The lowest BCUT2D eigenvalue weighted by Gasteiger charge is -2.30. The highest BCUT2D eigenvalue weighted by molar-refractivity contribution is 5.47. The van der Waals surface area contributed by atoms with E-state index in [1.807, 2.05) is 7.05 Å². The summed E-state index contributed by atoms with van der Waals surface area (Å²) in [6.45, 7) is 0.849. The van der Waals surface area contributed by atoms with Crippen LogP contribution < -0.4 is 5.32 Å². The molecule has 0 radical (unpaired) electrons. The molecular weight excluding hydrogens is 291 g/mol. The van der Waals surface area contributed by atoms with Crippen LogP contribution in [-0.2, 0) is 16.9 Å². The average molecular weight is 314 g/mol. The van der Waals surface area contributed by atoms with Gasteiger partial charge in [-0.05, 0) is 67.3 Å². The summed E-state index contributed by atoms with van der Waals surface area (Å²) >= 11 is 0. The summed E-state index contributed by atoms with van der Waals surface area (Å²) in [4.78, 5) is 0. The Bertz CT molecular complexity index is 915. The van der Waals surface area contributed by atoms with E-state index in [-0.39, 0.29) is 12.2 Å². The Morgan fingerprint density at radius 3 is 2.87 bits per heavy atom. The molecule has 0 aromatic heterocycles. The zero-order chi connectivity index (χ0) is 19.8. The van der Waals surface area contributed by atoms with E-state index in [4.69, 9.17) is 15.5 Å². The van der Waals surface area contributed by atoms with Crippen LogP contribution in [0, 0.1) is 17.1 Å². The Morgan fingerprint density at radius 1 is 1.39 bits per heavy atom. The van der Waals surface area contributed by atoms with Crippen LogP contribution in [0.2, 0.25) is 0 Å². The molecule has 0 bridgehead atoms. The summed E-state index contributed by atoms with van der Waals surface area (Å²) < 4.78 is 52.4. The molecule has 4 heteroatoms. The number of fused-ring (bicyclic) bond motifs is 1. The van der Waals surface area contributed by atoms with Crippen molar-refractivity contribution in [2.75, 3.05) is 13.6 Å². The highest BCUT2D eigenvalue weighted by Crippen LogP contribution is 2.45. The van der Waals surface area contributed by atoms with Gasteiger partial charge in [0.2, 0.25) is 0 Å². The Balaban J connectivity index is 2.27. The van der Waals surface area contributed by atoms with Crippen molar-refractivity contribution >= 4 is 0 Å². The minimum atomic E-state index is -1.21. The predicted molar refractivity (Wildman–Crippen MR) is 86.3 cm³/mol. The van der Waals surface area contributed by atoms with Crippen molar-refractivity contribution in [1.29, 1.82) is 5.26 Å². The normalized spacial score (nSPS) is 21.8. The number of nitrogens with one attached hydrogen (secondary N) is 1. The Kier molecular flexibility index (Phi) is 3.20. The maximum Gasteiger partial charge on any atom is 0.123 e. The van der Waals surface area contributed by atoms with E-state index in [9.17, 15) is 4.39 Å². The van der Waals surface area contributed by atoms with Gasteiger partial charge >= 0.3 is 0 Å². The number of halogens is 1. The van der Waals surface area contributed by atoms with Crippen LogP contribution in [0.5, 0.6) is 0 Å². The fourth-order valence-corrected chi connectivity index (χ4v) is 3.01. The number of benzene rings is 2. The summed E-state index contributed by atoms with van der Waals surface area (Å²) in [7, 11) is 1.81. The van der Waals surface area contributed by atoms with Crippen LogP contribution in [0.4, 0.5) is 4.39 Å². The molecule has 0 aliphatic carbocycles. The van der Waals surface area contributed by atoms with Gasteiger partial charge in [-0.1, -0.05) is 18.2 Å². The summed E-state index contributed by atoms with van der Waals surface area (Å²) in [6.07, 6.45) is 1.04. The number of rotatable bonds is 5. The molecule has 0 saturated heterocycles. The molecule has 0 fully saturated rings. The molecule has 1 aliphatic rings. The Morgan fingerprint density at radius 2 is 2.17 bits per heavy atom. The van der Waals surface area contributed by atoms with Crippen LogP contribution in [-0.4, -0.2) is 13.6 Å². The van der Waals surface area contributed by atoms with E-state index < -0.39 is 35.6 Å². The summed E-state index contributed by atoms with van der Waals surface area (Å²) in [5.41, 5.74) is 0.762. The van der Waals surface area contributed by atoms with Gasteiger partial charge in [0.1, 0.15) is 11.4 Å². The predicted octanol–water partition coefficient (Wildman–Crippen LogP) is 3.47. The first kappa shape index (κ1) is 11.3. The van der Waals surface area contributed by atoms with E-state index >= 15 is 0 Å². The van der Waals surface area contributed by atoms with Gasteiger partial charge in [-0.25, -0.2) is 4.39 Å². The molecule has 0 saturated carbocycles. The second-order valence-corrected chi connectivity index (χ2v) is 5.50. The molecule has 3 nitrogen and oxygen atoms in total. The first-order chi connectivity index (χ1) is 12.9. The highest BCUT2D eigenvalue weighted by Gasteiger charge is 2.41. The number of nitriles is 1. The minimum absolute atomic E-state index is 0.0402. The number of hydrogen-bond donors (Lipinski definition) is 1. The zero-order valence-electron chi connectivity index (χ0n) is 16.8. The van der Waals surface area contributed by atoms with E-state index in [2.05, 4.69) is 11.4 Å². The van der Waals surface area contributed by atoms with E-state index in [1.54, 1.807) is 18.2 Å². The fourth-order valence-electron chi connectivity index (χ4n) is 3.01. The second kappa shape index (κ2) is 6.49. The molecule has 3 rings (SSSR count). The lowest BCUT2D eigenvalue weighted by molar-refractivity contribution is -0.0128. The maximum atomic E-state index is 14.0. The number of hydrogen-bond acceptors (Lipinski definition) is 3. The quantitative estimate of drug-likeness (QED) is 0.860.